The van der Waals surface area contributed by atoms with Crippen LogP contribution in [0.2, 0.25) is 0 Å². The number of hydrogen-bond acceptors (Lipinski definition) is 5. The maximum Gasteiger partial charge on any atom is 0.314 e. The topological polar surface area (TPSA) is 100 Å². The number of rotatable bonds is 7. The summed E-state index contributed by atoms with van der Waals surface area (Å²) < 4.78 is 5.28. The molecule has 1 atom stereocenters. The van der Waals surface area contributed by atoms with Crippen molar-refractivity contribution in [3.05, 3.63) is 36.2 Å². The molecule has 0 aliphatic carbocycles. The van der Waals surface area contributed by atoms with E-state index in [9.17, 15) is 9.90 Å². The van der Waals surface area contributed by atoms with E-state index in [-0.39, 0.29) is 24.0 Å². The molecule has 7 nitrogen and oxygen atoms in total. The van der Waals surface area contributed by atoms with Gasteiger partial charge in [-0.3, -0.25) is 0 Å². The standard InChI is InChI=1S/C17H24N4O3/c1-12(9-18-16(23)19-10-17(2,3)11-22)15-20-14(21-24-15)13-7-5-4-6-8-13/h4-8,12,22H,9-11H2,1-3H3,(H2,18,19,23). The third-order valence-electron chi connectivity index (χ3n) is 3.62. The van der Waals surface area contributed by atoms with Crippen LogP contribution in [-0.2, 0) is 0 Å². The molecule has 0 saturated carbocycles. The van der Waals surface area contributed by atoms with Crippen LogP contribution < -0.4 is 10.6 Å². The zero-order valence-electron chi connectivity index (χ0n) is 14.2. The van der Waals surface area contributed by atoms with Crippen LogP contribution in [-0.4, -0.2) is 41.0 Å². The zero-order chi connectivity index (χ0) is 17.6. The molecule has 7 heteroatoms. The number of aliphatic hydroxyl groups is 1. The molecular formula is C17H24N4O3. The summed E-state index contributed by atoms with van der Waals surface area (Å²) in [6.45, 7) is 6.43. The number of nitrogens with zero attached hydrogens (tertiary/aromatic N) is 2. The zero-order valence-corrected chi connectivity index (χ0v) is 14.2. The smallest absolute Gasteiger partial charge is 0.314 e. The van der Waals surface area contributed by atoms with Crippen LogP contribution in [0.4, 0.5) is 4.79 Å². The largest absolute Gasteiger partial charge is 0.396 e. The monoisotopic (exact) mass is 332 g/mol. The molecule has 1 unspecified atom stereocenters. The number of amides is 2. The summed E-state index contributed by atoms with van der Waals surface area (Å²) in [4.78, 5) is 16.2. The Hall–Kier alpha value is -2.41. The second kappa shape index (κ2) is 7.92. The van der Waals surface area contributed by atoms with Gasteiger partial charge in [0.1, 0.15) is 0 Å². The Morgan fingerprint density at radius 2 is 2.00 bits per heavy atom. The number of benzene rings is 1. The van der Waals surface area contributed by atoms with Crippen molar-refractivity contribution in [2.45, 2.75) is 26.7 Å². The summed E-state index contributed by atoms with van der Waals surface area (Å²) in [5.41, 5.74) is 0.539. The van der Waals surface area contributed by atoms with Crippen LogP contribution in [0.5, 0.6) is 0 Å². The van der Waals surface area contributed by atoms with Gasteiger partial charge in [-0.1, -0.05) is 56.3 Å². The Labute approximate surface area is 141 Å². The molecule has 1 heterocycles. The first kappa shape index (κ1) is 17.9. The maximum atomic E-state index is 11.8. The summed E-state index contributed by atoms with van der Waals surface area (Å²) in [7, 11) is 0. The molecule has 1 aromatic carbocycles. The number of urea groups is 1. The van der Waals surface area contributed by atoms with Gasteiger partial charge in [0.2, 0.25) is 11.7 Å². The van der Waals surface area contributed by atoms with E-state index in [1.807, 2.05) is 51.1 Å². The first-order chi connectivity index (χ1) is 11.4. The fraction of sp³-hybridized carbons (Fsp3) is 0.471. The number of aromatic nitrogens is 2. The third-order valence-corrected chi connectivity index (χ3v) is 3.62. The third kappa shape index (κ3) is 5.06. The lowest BCUT2D eigenvalue weighted by molar-refractivity contribution is 0.157. The lowest BCUT2D eigenvalue weighted by atomic mass is 9.95. The van der Waals surface area contributed by atoms with Crippen molar-refractivity contribution < 1.29 is 14.4 Å². The highest BCUT2D eigenvalue weighted by Gasteiger charge is 2.19. The van der Waals surface area contributed by atoms with Crippen LogP contribution in [0.1, 0.15) is 32.6 Å². The predicted molar refractivity (Wildman–Crippen MR) is 90.4 cm³/mol. The van der Waals surface area contributed by atoms with Crippen LogP contribution in [0, 0.1) is 5.41 Å². The normalized spacial score (nSPS) is 12.7. The summed E-state index contributed by atoms with van der Waals surface area (Å²) in [6.07, 6.45) is 0. The molecule has 0 radical (unpaired) electrons. The predicted octanol–water partition coefficient (Wildman–Crippen LogP) is 2.16. The first-order valence-electron chi connectivity index (χ1n) is 7.93. The van der Waals surface area contributed by atoms with Crippen molar-refractivity contribution >= 4 is 6.03 Å². The average molecular weight is 332 g/mol. The van der Waals surface area contributed by atoms with Gasteiger partial charge in [0.05, 0.1) is 5.92 Å². The lowest BCUT2D eigenvalue weighted by Crippen LogP contribution is -2.42. The van der Waals surface area contributed by atoms with Crippen LogP contribution in [0.3, 0.4) is 0 Å². The Bertz CT molecular complexity index is 655. The Morgan fingerprint density at radius 1 is 1.29 bits per heavy atom. The summed E-state index contributed by atoms with van der Waals surface area (Å²) in [6, 6.07) is 9.28. The highest BCUT2D eigenvalue weighted by molar-refractivity contribution is 5.73. The van der Waals surface area contributed by atoms with Crippen molar-refractivity contribution in [3.63, 3.8) is 0 Å². The van der Waals surface area contributed by atoms with Gasteiger partial charge in [0.15, 0.2) is 0 Å². The maximum absolute atomic E-state index is 11.8. The van der Waals surface area contributed by atoms with Crippen molar-refractivity contribution in [3.8, 4) is 11.4 Å². The molecule has 0 aliphatic heterocycles. The van der Waals surface area contributed by atoms with Crippen molar-refractivity contribution in [1.82, 2.24) is 20.8 Å². The first-order valence-corrected chi connectivity index (χ1v) is 7.93. The van der Waals surface area contributed by atoms with Crippen LogP contribution >= 0.6 is 0 Å². The minimum Gasteiger partial charge on any atom is -0.396 e. The van der Waals surface area contributed by atoms with E-state index in [0.29, 0.717) is 24.8 Å². The van der Waals surface area contributed by atoms with Gasteiger partial charge >= 0.3 is 6.03 Å². The van der Waals surface area contributed by atoms with E-state index in [0.717, 1.165) is 5.56 Å². The molecule has 0 aliphatic rings. The fourth-order valence-electron chi connectivity index (χ4n) is 1.91. The second-order valence-corrected chi connectivity index (χ2v) is 6.61. The number of aliphatic hydroxyl groups excluding tert-OH is 1. The molecule has 0 fully saturated rings. The molecule has 0 saturated heterocycles. The lowest BCUT2D eigenvalue weighted by Gasteiger charge is -2.22. The molecule has 3 N–H and O–H groups in total. The van der Waals surface area contributed by atoms with Gasteiger partial charge in [-0.05, 0) is 0 Å². The van der Waals surface area contributed by atoms with Crippen LogP contribution in [0.25, 0.3) is 11.4 Å². The van der Waals surface area contributed by atoms with Gasteiger partial charge in [0, 0.05) is 30.7 Å². The average Bonchev–Trinajstić information content (AvgIpc) is 3.09. The molecule has 2 aromatic rings. The van der Waals surface area contributed by atoms with E-state index < -0.39 is 0 Å². The molecule has 0 bridgehead atoms. The summed E-state index contributed by atoms with van der Waals surface area (Å²) in [5, 5.41) is 18.6. The Kier molecular flexibility index (Phi) is 5.92. The van der Waals surface area contributed by atoms with E-state index in [4.69, 9.17) is 4.52 Å². The summed E-state index contributed by atoms with van der Waals surface area (Å²) in [5.74, 6) is 0.906. The molecule has 24 heavy (non-hydrogen) atoms. The molecule has 0 spiro atoms. The molecule has 1 aromatic heterocycles. The van der Waals surface area contributed by atoms with Gasteiger partial charge in [-0.25, -0.2) is 4.79 Å². The van der Waals surface area contributed by atoms with Gasteiger partial charge in [-0.2, -0.15) is 4.98 Å². The van der Waals surface area contributed by atoms with Gasteiger partial charge < -0.3 is 20.3 Å². The number of carbonyl (C=O) groups is 1. The molecule has 2 amide bonds. The molecular weight excluding hydrogens is 308 g/mol. The molecule has 130 valence electrons. The van der Waals surface area contributed by atoms with E-state index in [1.54, 1.807) is 0 Å². The Balaban J connectivity index is 1.84. The van der Waals surface area contributed by atoms with Crippen molar-refractivity contribution in [1.29, 1.82) is 0 Å². The number of hydrogen-bond donors (Lipinski definition) is 3. The SMILES string of the molecule is CC(CNC(=O)NCC(C)(C)CO)c1nc(-c2ccccc2)no1. The van der Waals surface area contributed by atoms with Crippen molar-refractivity contribution in [2.24, 2.45) is 5.41 Å². The minimum absolute atomic E-state index is 0.00787. The van der Waals surface area contributed by atoms with Crippen molar-refractivity contribution in [2.75, 3.05) is 19.7 Å². The highest BCUT2D eigenvalue weighted by atomic mass is 16.5. The van der Waals surface area contributed by atoms with E-state index in [2.05, 4.69) is 20.8 Å². The highest BCUT2D eigenvalue weighted by Crippen LogP contribution is 2.19. The van der Waals surface area contributed by atoms with E-state index in [1.165, 1.54) is 0 Å². The van der Waals surface area contributed by atoms with Gasteiger partial charge in [-0.15, -0.1) is 0 Å². The second-order valence-electron chi connectivity index (χ2n) is 6.61. The Morgan fingerprint density at radius 3 is 2.67 bits per heavy atom. The number of nitrogens with one attached hydrogen (secondary N) is 2. The quantitative estimate of drug-likeness (QED) is 0.721. The minimum atomic E-state index is -0.347. The van der Waals surface area contributed by atoms with Crippen LogP contribution in [0.15, 0.2) is 34.9 Å². The molecule has 2 rings (SSSR count). The fourth-order valence-corrected chi connectivity index (χ4v) is 1.91. The van der Waals surface area contributed by atoms with E-state index >= 15 is 0 Å². The summed E-state index contributed by atoms with van der Waals surface area (Å²) >= 11 is 0. The number of carbonyl (C=O) groups excluding carboxylic acids is 1. The van der Waals surface area contributed by atoms with Gasteiger partial charge in [0.25, 0.3) is 0 Å².